The fraction of sp³-hybridized carbons (Fsp3) is 1.00. The van der Waals surface area contributed by atoms with Gasteiger partial charge in [-0.25, -0.2) is 0 Å². The number of halogens is 1. The molecule has 0 amide bonds. The van der Waals surface area contributed by atoms with Gasteiger partial charge >= 0.3 is 0 Å². The molecule has 38 valence electrons. The van der Waals surface area contributed by atoms with Crippen molar-refractivity contribution in [3.05, 3.63) is 0 Å². The van der Waals surface area contributed by atoms with E-state index in [1.165, 1.54) is 0 Å². The van der Waals surface area contributed by atoms with Gasteiger partial charge in [0.05, 0.1) is 7.02 Å². The molecular weight excluding hydrogens is 203 g/mol. The van der Waals surface area contributed by atoms with Crippen LogP contribution in [0.25, 0.3) is 0 Å². The minimum atomic E-state index is 0.222. The summed E-state index contributed by atoms with van der Waals surface area (Å²) in [6.07, 6.45) is 0. The summed E-state index contributed by atoms with van der Waals surface area (Å²) in [5.41, 5.74) is 0. The highest BCUT2D eigenvalue weighted by molar-refractivity contribution is 14.1. The quantitative estimate of drug-likeness (QED) is 0.327. The van der Waals surface area contributed by atoms with Gasteiger partial charge in [-0.05, 0) is 5.04 Å². The summed E-state index contributed by atoms with van der Waals surface area (Å²) in [5.74, 6) is 0. The molecule has 0 saturated heterocycles. The van der Waals surface area contributed by atoms with Crippen molar-refractivity contribution in [1.29, 1.82) is 0 Å². The Bertz CT molecular complexity index is 37.3. The molecule has 0 aromatic carbocycles. The third-order valence-electron chi connectivity index (χ3n) is 0.401. The maximum atomic E-state index is 2.53. The van der Waals surface area contributed by atoms with Gasteiger partial charge in [0.25, 0.3) is 0 Å². The van der Waals surface area contributed by atoms with Gasteiger partial charge in [-0.3, -0.25) is 0 Å². The van der Waals surface area contributed by atoms with E-state index in [0.29, 0.717) is 5.04 Å². The van der Waals surface area contributed by atoms with Crippen molar-refractivity contribution >= 4 is 28.8 Å². The van der Waals surface area contributed by atoms with E-state index in [0.717, 1.165) is 0 Å². The molecule has 0 bridgehead atoms. The molecule has 0 saturated carbocycles. The van der Waals surface area contributed by atoms with Crippen molar-refractivity contribution in [2.45, 2.75) is 25.8 Å². The highest BCUT2D eigenvalue weighted by Gasteiger charge is 2.05. The largest absolute Gasteiger partial charge is 0.127 e. The standard InChI is InChI=1S/C4H11ISi/c1-4(2,3)6-5/h6H2,1-3H3. The summed E-state index contributed by atoms with van der Waals surface area (Å²) in [5, 5.41) is 0.667. The molecule has 2 heteroatoms. The van der Waals surface area contributed by atoms with Crippen LogP contribution >= 0.6 is 21.8 Å². The molecule has 0 atom stereocenters. The van der Waals surface area contributed by atoms with Crippen molar-refractivity contribution in [2.75, 3.05) is 0 Å². The minimum Gasteiger partial charge on any atom is -0.127 e. The first kappa shape index (κ1) is 6.95. The molecule has 0 rings (SSSR count). The summed E-state index contributed by atoms with van der Waals surface area (Å²) < 4.78 is 0. The Labute approximate surface area is 54.7 Å². The third kappa shape index (κ3) is 4.95. The molecule has 6 heavy (non-hydrogen) atoms. The number of hydrogen-bond acceptors (Lipinski definition) is 0. The number of rotatable bonds is 0. The average molecular weight is 214 g/mol. The summed E-state index contributed by atoms with van der Waals surface area (Å²) in [6.45, 7) is 6.89. The van der Waals surface area contributed by atoms with Crippen LogP contribution in [-0.4, -0.2) is 7.02 Å². The molecule has 0 N–H and O–H groups in total. The maximum absolute atomic E-state index is 2.53. The average Bonchev–Trinajstić information content (AvgIpc) is 1.35. The zero-order valence-corrected chi connectivity index (χ0v) is 8.16. The zero-order chi connectivity index (χ0) is 5.21. The molecule has 0 aromatic rings. The van der Waals surface area contributed by atoms with Crippen LogP contribution in [0.2, 0.25) is 5.04 Å². The van der Waals surface area contributed by atoms with Crippen molar-refractivity contribution in [3.8, 4) is 0 Å². The van der Waals surface area contributed by atoms with Crippen molar-refractivity contribution in [2.24, 2.45) is 0 Å². The van der Waals surface area contributed by atoms with Gasteiger partial charge in [-0.2, -0.15) is 0 Å². The Morgan fingerprint density at radius 1 is 1.33 bits per heavy atom. The van der Waals surface area contributed by atoms with E-state index in [9.17, 15) is 0 Å². The summed E-state index contributed by atoms with van der Waals surface area (Å²) in [6, 6.07) is 0. The van der Waals surface area contributed by atoms with Crippen LogP contribution in [0, 0.1) is 0 Å². The van der Waals surface area contributed by atoms with Crippen molar-refractivity contribution in [1.82, 2.24) is 0 Å². The lowest BCUT2D eigenvalue weighted by atomic mass is 10.3. The van der Waals surface area contributed by atoms with Gasteiger partial charge in [-0.1, -0.05) is 20.8 Å². The molecule has 0 unspecified atom stereocenters. The molecule has 0 radical (unpaired) electrons. The molecule has 0 aliphatic rings. The Kier molecular flexibility index (Phi) is 2.67. The smallest absolute Gasteiger partial charge is 0.0991 e. The lowest BCUT2D eigenvalue weighted by Crippen LogP contribution is -1.99. The highest BCUT2D eigenvalue weighted by atomic mass is 127. The Balaban J connectivity index is 3.17. The van der Waals surface area contributed by atoms with E-state index in [2.05, 4.69) is 42.6 Å². The molecule has 0 nitrogen and oxygen atoms in total. The van der Waals surface area contributed by atoms with Gasteiger partial charge < -0.3 is 0 Å². The molecule has 0 aliphatic carbocycles. The lowest BCUT2D eigenvalue weighted by molar-refractivity contribution is 0.766. The van der Waals surface area contributed by atoms with E-state index in [1.54, 1.807) is 0 Å². The van der Waals surface area contributed by atoms with Crippen LogP contribution in [0.3, 0.4) is 0 Å². The van der Waals surface area contributed by atoms with Crippen LogP contribution in [0.15, 0.2) is 0 Å². The second kappa shape index (κ2) is 2.30. The Morgan fingerprint density at radius 3 is 1.50 bits per heavy atom. The van der Waals surface area contributed by atoms with Gasteiger partial charge in [0.1, 0.15) is 0 Å². The fourth-order valence-corrected chi connectivity index (χ4v) is 0. The maximum Gasteiger partial charge on any atom is 0.0991 e. The van der Waals surface area contributed by atoms with Crippen LogP contribution in [0.1, 0.15) is 20.8 Å². The SMILES string of the molecule is CC(C)(C)[SiH2]I. The van der Waals surface area contributed by atoms with Crippen molar-refractivity contribution < 1.29 is 0 Å². The summed E-state index contributed by atoms with van der Waals surface area (Å²) >= 11 is 2.53. The van der Waals surface area contributed by atoms with Crippen LogP contribution in [-0.2, 0) is 0 Å². The molecule has 0 heterocycles. The van der Waals surface area contributed by atoms with Gasteiger partial charge in [0, 0.05) is 0 Å². The van der Waals surface area contributed by atoms with Gasteiger partial charge in [0.15, 0.2) is 0 Å². The van der Waals surface area contributed by atoms with E-state index >= 15 is 0 Å². The van der Waals surface area contributed by atoms with E-state index in [-0.39, 0.29) is 7.02 Å². The van der Waals surface area contributed by atoms with E-state index in [1.807, 2.05) is 0 Å². The normalized spacial score (nSPS) is 14.0. The first-order valence-corrected chi connectivity index (χ1v) is 7.94. The Hall–Kier alpha value is 0.947. The monoisotopic (exact) mass is 214 g/mol. The topological polar surface area (TPSA) is 0 Å². The minimum absolute atomic E-state index is 0.222. The molecule has 0 aliphatic heterocycles. The molecular formula is C4H11ISi. The van der Waals surface area contributed by atoms with Gasteiger partial charge in [0.2, 0.25) is 0 Å². The van der Waals surface area contributed by atoms with Gasteiger partial charge in [-0.15, -0.1) is 21.8 Å². The number of hydrogen-bond donors (Lipinski definition) is 0. The van der Waals surface area contributed by atoms with E-state index in [4.69, 9.17) is 0 Å². The van der Waals surface area contributed by atoms with Crippen LogP contribution < -0.4 is 0 Å². The second-order valence-corrected chi connectivity index (χ2v) is 7.37. The first-order chi connectivity index (χ1) is 2.56. The Morgan fingerprint density at radius 2 is 1.50 bits per heavy atom. The van der Waals surface area contributed by atoms with E-state index < -0.39 is 0 Å². The predicted octanol–water partition coefficient (Wildman–Crippen LogP) is 1.72. The highest BCUT2D eigenvalue weighted by Crippen LogP contribution is 2.21. The third-order valence-corrected chi connectivity index (χ3v) is 8.07. The van der Waals surface area contributed by atoms with Crippen LogP contribution in [0.5, 0.6) is 0 Å². The lowest BCUT2D eigenvalue weighted by Gasteiger charge is -2.10. The van der Waals surface area contributed by atoms with Crippen LogP contribution in [0.4, 0.5) is 0 Å². The summed E-state index contributed by atoms with van der Waals surface area (Å²) in [4.78, 5) is 0. The predicted molar refractivity (Wildman–Crippen MR) is 42.3 cm³/mol. The fourth-order valence-electron chi connectivity index (χ4n) is 0. The van der Waals surface area contributed by atoms with Crippen molar-refractivity contribution in [3.63, 3.8) is 0 Å². The molecule has 0 fully saturated rings. The summed E-state index contributed by atoms with van der Waals surface area (Å²) in [7, 11) is 0.222. The zero-order valence-electron chi connectivity index (χ0n) is 4.59. The molecule has 0 aromatic heterocycles. The first-order valence-electron chi connectivity index (χ1n) is 2.12. The molecule has 0 spiro atoms. The second-order valence-electron chi connectivity index (χ2n) is 2.69.